The van der Waals surface area contributed by atoms with Gasteiger partial charge >= 0.3 is 17.9 Å². The Morgan fingerprint density at radius 1 is 1.10 bits per heavy atom. The Balaban J connectivity index is 0.000000400. The highest BCUT2D eigenvalue weighted by Gasteiger charge is 2.23. The fraction of sp³-hybridized carbons (Fsp3) is 0.182. The second-order valence-corrected chi connectivity index (χ2v) is 3.85. The summed E-state index contributed by atoms with van der Waals surface area (Å²) in [6.45, 7) is -0.0556. The van der Waals surface area contributed by atoms with E-state index in [0.29, 0.717) is 6.08 Å². The molecule has 10 heteroatoms. The third-order valence-electron chi connectivity index (χ3n) is 1.90. The number of carbonyl (C=O) groups is 5. The quantitative estimate of drug-likeness (QED) is 0.460. The van der Waals surface area contributed by atoms with Crippen molar-refractivity contribution in [2.24, 2.45) is 0 Å². The van der Waals surface area contributed by atoms with E-state index >= 15 is 0 Å². The maximum absolute atomic E-state index is 10.8. The molecule has 0 spiro atoms. The molecule has 1 rings (SSSR count). The van der Waals surface area contributed by atoms with Crippen LogP contribution in [0.3, 0.4) is 0 Å². The SMILES string of the molecule is O=C(O)/C=C(\Cl)C(=O)O.O=C(O)CCN1C(=O)C=CC1=O. The number of hydrogen-bond donors (Lipinski definition) is 3. The van der Waals surface area contributed by atoms with E-state index in [-0.39, 0.29) is 13.0 Å². The molecule has 0 bridgehead atoms. The molecule has 0 unspecified atom stereocenters. The van der Waals surface area contributed by atoms with E-state index in [0.717, 1.165) is 17.1 Å². The summed E-state index contributed by atoms with van der Waals surface area (Å²) in [5, 5.41) is 23.4. The van der Waals surface area contributed by atoms with Gasteiger partial charge in [-0.15, -0.1) is 0 Å². The molecule has 0 saturated carbocycles. The lowest BCUT2D eigenvalue weighted by Crippen LogP contribution is -2.31. The van der Waals surface area contributed by atoms with Crippen LogP contribution in [0.2, 0.25) is 0 Å². The van der Waals surface area contributed by atoms with E-state index in [1.807, 2.05) is 0 Å². The van der Waals surface area contributed by atoms with Crippen molar-refractivity contribution in [1.29, 1.82) is 0 Å². The van der Waals surface area contributed by atoms with Gasteiger partial charge in [-0.05, 0) is 0 Å². The Kier molecular flexibility index (Phi) is 7.40. The first-order chi connectivity index (χ1) is 9.65. The van der Waals surface area contributed by atoms with Gasteiger partial charge in [0.25, 0.3) is 11.8 Å². The highest BCUT2D eigenvalue weighted by atomic mass is 35.5. The monoisotopic (exact) mass is 319 g/mol. The van der Waals surface area contributed by atoms with Crippen molar-refractivity contribution in [1.82, 2.24) is 4.90 Å². The van der Waals surface area contributed by atoms with Crippen molar-refractivity contribution in [3.63, 3.8) is 0 Å². The fourth-order valence-electron chi connectivity index (χ4n) is 1.03. The summed E-state index contributed by atoms with van der Waals surface area (Å²) in [5.41, 5.74) is 0. The number of amides is 2. The van der Waals surface area contributed by atoms with Crippen molar-refractivity contribution in [3.05, 3.63) is 23.3 Å². The summed E-state index contributed by atoms with van der Waals surface area (Å²) in [6.07, 6.45) is 2.46. The standard InChI is InChI=1S/C7H7NO4.C4H3ClO4/c9-5-1-2-6(10)8(5)4-3-7(11)12;5-2(4(8)9)1-3(6)7/h1-2H,3-4H2,(H,11,12);1H,(H,6,7)(H,8,9)/b;2-1-. The lowest BCUT2D eigenvalue weighted by molar-refractivity contribution is -0.140. The predicted octanol–water partition coefficient (Wildman–Crippen LogP) is -0.336. The number of hydrogen-bond acceptors (Lipinski definition) is 5. The van der Waals surface area contributed by atoms with Gasteiger partial charge in [0, 0.05) is 24.8 Å². The Morgan fingerprint density at radius 2 is 1.57 bits per heavy atom. The minimum absolute atomic E-state index is 0.0556. The summed E-state index contributed by atoms with van der Waals surface area (Å²) in [4.78, 5) is 52.1. The van der Waals surface area contributed by atoms with E-state index in [9.17, 15) is 24.0 Å². The molecule has 3 N–H and O–H groups in total. The molecule has 9 nitrogen and oxygen atoms in total. The van der Waals surface area contributed by atoms with Crippen molar-refractivity contribution in [2.75, 3.05) is 6.54 Å². The largest absolute Gasteiger partial charge is 0.481 e. The van der Waals surface area contributed by atoms with Crippen LogP contribution in [0, 0.1) is 0 Å². The molecule has 0 fully saturated rings. The summed E-state index contributed by atoms with van der Waals surface area (Å²) in [7, 11) is 0. The number of halogens is 1. The van der Waals surface area contributed by atoms with Crippen LogP contribution in [-0.4, -0.2) is 56.5 Å². The Morgan fingerprint density at radius 3 is 1.86 bits per heavy atom. The maximum atomic E-state index is 10.8. The molecule has 0 radical (unpaired) electrons. The molecular weight excluding hydrogens is 310 g/mol. The zero-order chi connectivity index (χ0) is 16.6. The second-order valence-electron chi connectivity index (χ2n) is 3.44. The number of imide groups is 1. The van der Waals surface area contributed by atoms with Crippen LogP contribution in [0.15, 0.2) is 23.3 Å². The summed E-state index contributed by atoms with van der Waals surface area (Å²) < 4.78 is 0. The number of rotatable bonds is 5. The number of nitrogens with zero attached hydrogens (tertiary/aromatic N) is 1. The van der Waals surface area contributed by atoms with Crippen LogP contribution >= 0.6 is 11.6 Å². The average molecular weight is 320 g/mol. The molecule has 114 valence electrons. The van der Waals surface area contributed by atoms with E-state index < -0.39 is 34.8 Å². The Hall–Kier alpha value is -2.68. The van der Waals surface area contributed by atoms with Crippen LogP contribution in [0.5, 0.6) is 0 Å². The van der Waals surface area contributed by atoms with Crippen LogP contribution in [0.25, 0.3) is 0 Å². The first-order valence-electron chi connectivity index (χ1n) is 5.24. The van der Waals surface area contributed by atoms with Gasteiger partial charge in [-0.2, -0.15) is 0 Å². The molecule has 2 amide bonds. The number of aliphatic carboxylic acids is 3. The molecule has 0 aromatic carbocycles. The molecule has 1 heterocycles. The van der Waals surface area contributed by atoms with Gasteiger partial charge < -0.3 is 15.3 Å². The minimum Gasteiger partial charge on any atom is -0.481 e. The zero-order valence-corrected chi connectivity index (χ0v) is 11.1. The summed E-state index contributed by atoms with van der Waals surface area (Å²) in [6, 6.07) is 0. The zero-order valence-electron chi connectivity index (χ0n) is 10.4. The first-order valence-corrected chi connectivity index (χ1v) is 5.61. The van der Waals surface area contributed by atoms with Gasteiger partial charge in [0.1, 0.15) is 5.03 Å². The van der Waals surface area contributed by atoms with Crippen molar-refractivity contribution in [3.8, 4) is 0 Å². The summed E-state index contributed by atoms with van der Waals surface area (Å²) >= 11 is 4.89. The predicted molar refractivity (Wildman–Crippen MR) is 67.3 cm³/mol. The Labute approximate surface area is 122 Å². The molecule has 1 aliphatic rings. The fourth-order valence-corrected chi connectivity index (χ4v) is 1.12. The first kappa shape index (κ1) is 18.3. The van der Waals surface area contributed by atoms with E-state index in [2.05, 4.69) is 0 Å². The maximum Gasteiger partial charge on any atom is 0.347 e. The van der Waals surface area contributed by atoms with Crippen molar-refractivity contribution >= 4 is 41.3 Å². The third-order valence-corrected chi connectivity index (χ3v) is 2.18. The molecule has 0 atom stereocenters. The van der Waals surface area contributed by atoms with Crippen LogP contribution in [-0.2, 0) is 24.0 Å². The average Bonchev–Trinajstić information content (AvgIpc) is 2.66. The molecule has 21 heavy (non-hydrogen) atoms. The number of carboxylic acid groups (broad SMARTS) is 3. The Bertz CT molecular complexity index is 518. The van der Waals surface area contributed by atoms with Gasteiger partial charge in [0.2, 0.25) is 0 Å². The molecule has 1 aliphatic heterocycles. The minimum atomic E-state index is -1.45. The van der Waals surface area contributed by atoms with Gasteiger partial charge in [0.05, 0.1) is 6.42 Å². The van der Waals surface area contributed by atoms with E-state index in [1.54, 1.807) is 0 Å². The second kappa shape index (κ2) is 8.48. The van der Waals surface area contributed by atoms with Crippen molar-refractivity contribution in [2.45, 2.75) is 6.42 Å². The molecular formula is C11H10ClNO8. The number of carboxylic acids is 3. The normalized spacial score (nSPS) is 13.8. The molecule has 0 aromatic rings. The molecule has 0 saturated heterocycles. The van der Waals surface area contributed by atoms with Gasteiger partial charge in [-0.3, -0.25) is 19.3 Å². The summed E-state index contributed by atoms with van der Waals surface area (Å²) in [5.74, 6) is -4.73. The van der Waals surface area contributed by atoms with E-state index in [1.165, 1.54) is 0 Å². The lowest BCUT2D eigenvalue weighted by atomic mass is 10.4. The highest BCUT2D eigenvalue weighted by molar-refractivity contribution is 6.42. The van der Waals surface area contributed by atoms with Crippen molar-refractivity contribution < 1.29 is 39.3 Å². The molecule has 0 aliphatic carbocycles. The third kappa shape index (κ3) is 7.47. The smallest absolute Gasteiger partial charge is 0.347 e. The van der Waals surface area contributed by atoms with Crippen LogP contribution < -0.4 is 0 Å². The van der Waals surface area contributed by atoms with Crippen LogP contribution in [0.4, 0.5) is 0 Å². The molecule has 0 aromatic heterocycles. The number of carbonyl (C=O) groups excluding carboxylic acids is 2. The lowest BCUT2D eigenvalue weighted by Gasteiger charge is -2.10. The topological polar surface area (TPSA) is 149 Å². The van der Waals surface area contributed by atoms with Gasteiger partial charge in [-0.1, -0.05) is 11.6 Å². The van der Waals surface area contributed by atoms with E-state index in [4.69, 9.17) is 26.9 Å². The van der Waals surface area contributed by atoms with Crippen LogP contribution in [0.1, 0.15) is 6.42 Å². The van der Waals surface area contributed by atoms with Gasteiger partial charge in [-0.25, -0.2) is 9.59 Å². The van der Waals surface area contributed by atoms with Gasteiger partial charge in [0.15, 0.2) is 0 Å². The highest BCUT2D eigenvalue weighted by Crippen LogP contribution is 2.03.